The van der Waals surface area contributed by atoms with Gasteiger partial charge in [-0.1, -0.05) is 13.8 Å². The van der Waals surface area contributed by atoms with Crippen LogP contribution in [-0.2, 0) is 6.42 Å². The topological polar surface area (TPSA) is 49.2 Å². The Morgan fingerprint density at radius 2 is 1.95 bits per heavy atom. The number of rotatable bonds is 4. The molecule has 0 unspecified atom stereocenters. The molecule has 1 aliphatic rings. The first-order valence-electron chi connectivity index (χ1n) is 7.33. The van der Waals surface area contributed by atoms with Crippen molar-refractivity contribution in [2.45, 2.75) is 46.5 Å². The van der Waals surface area contributed by atoms with Crippen LogP contribution in [0.5, 0.6) is 0 Å². The lowest BCUT2D eigenvalue weighted by molar-refractivity contribution is 0.0920. The molecule has 0 radical (unpaired) electrons. The number of aryl methyl sites for hydroxylation is 2. The van der Waals surface area contributed by atoms with Crippen LogP contribution in [0.2, 0.25) is 0 Å². The summed E-state index contributed by atoms with van der Waals surface area (Å²) in [7, 11) is 0. The fraction of sp³-hybridized carbons (Fsp3) is 0.733. The smallest absolute Gasteiger partial charge is 0.132 e. The largest absolute Gasteiger partial charge is 0.396 e. The molecule has 1 saturated heterocycles. The van der Waals surface area contributed by atoms with Crippen molar-refractivity contribution in [2.24, 2.45) is 5.41 Å². The van der Waals surface area contributed by atoms with Crippen molar-refractivity contribution in [3.63, 3.8) is 0 Å². The average Bonchev–Trinajstić information content (AvgIpc) is 2.46. The lowest BCUT2D eigenvalue weighted by Gasteiger charge is -2.40. The van der Waals surface area contributed by atoms with Gasteiger partial charge in [-0.25, -0.2) is 9.97 Å². The SMILES string of the molecule is CCc1cc(N2CCC(CC)(CO)CC2)nc(C)n1. The predicted octanol–water partition coefficient (Wildman–Crippen LogP) is 2.34. The lowest BCUT2D eigenvalue weighted by atomic mass is 9.77. The van der Waals surface area contributed by atoms with E-state index in [1.54, 1.807) is 0 Å². The van der Waals surface area contributed by atoms with Gasteiger partial charge in [0.15, 0.2) is 0 Å². The molecule has 1 aliphatic heterocycles. The monoisotopic (exact) mass is 263 g/mol. The first-order chi connectivity index (χ1) is 9.12. The number of hydrogen-bond acceptors (Lipinski definition) is 4. The van der Waals surface area contributed by atoms with Gasteiger partial charge in [0, 0.05) is 31.5 Å². The first-order valence-corrected chi connectivity index (χ1v) is 7.33. The molecule has 4 heteroatoms. The van der Waals surface area contributed by atoms with Crippen LogP contribution in [0, 0.1) is 12.3 Å². The highest BCUT2D eigenvalue weighted by Crippen LogP contribution is 2.35. The molecule has 1 aromatic rings. The molecule has 0 atom stereocenters. The Morgan fingerprint density at radius 3 is 2.47 bits per heavy atom. The van der Waals surface area contributed by atoms with E-state index in [2.05, 4.69) is 34.8 Å². The molecular formula is C15H25N3O. The Hall–Kier alpha value is -1.16. The zero-order chi connectivity index (χ0) is 13.9. The number of aliphatic hydroxyl groups is 1. The number of piperidine rings is 1. The van der Waals surface area contributed by atoms with Gasteiger partial charge in [-0.05, 0) is 38.0 Å². The molecule has 106 valence electrons. The number of nitrogens with zero attached hydrogens (tertiary/aromatic N) is 3. The minimum absolute atomic E-state index is 0.131. The standard InChI is InChI=1S/C15H25N3O/c1-4-13-10-14(17-12(3)16-13)18-8-6-15(5-2,11-19)7-9-18/h10,19H,4-9,11H2,1-3H3. The summed E-state index contributed by atoms with van der Waals surface area (Å²) in [4.78, 5) is 11.3. The molecule has 2 rings (SSSR count). The third-order valence-corrected chi connectivity index (χ3v) is 4.47. The summed E-state index contributed by atoms with van der Waals surface area (Å²) >= 11 is 0. The highest BCUT2D eigenvalue weighted by Gasteiger charge is 2.32. The van der Waals surface area contributed by atoms with Crippen LogP contribution >= 0.6 is 0 Å². The van der Waals surface area contributed by atoms with E-state index in [4.69, 9.17) is 0 Å². The van der Waals surface area contributed by atoms with E-state index in [1.807, 2.05) is 6.92 Å². The predicted molar refractivity (Wildman–Crippen MR) is 77.4 cm³/mol. The average molecular weight is 263 g/mol. The van der Waals surface area contributed by atoms with Gasteiger partial charge in [0.2, 0.25) is 0 Å². The van der Waals surface area contributed by atoms with Crippen molar-refractivity contribution in [3.8, 4) is 0 Å². The van der Waals surface area contributed by atoms with Crippen LogP contribution in [0.4, 0.5) is 5.82 Å². The summed E-state index contributed by atoms with van der Waals surface area (Å²) in [6.07, 6.45) is 4.09. The Kier molecular flexibility index (Phi) is 4.40. The van der Waals surface area contributed by atoms with E-state index < -0.39 is 0 Å². The van der Waals surface area contributed by atoms with Crippen LogP contribution in [0.15, 0.2) is 6.07 Å². The number of aromatic nitrogens is 2. The second-order valence-electron chi connectivity index (χ2n) is 5.62. The minimum Gasteiger partial charge on any atom is -0.396 e. The maximum absolute atomic E-state index is 9.58. The van der Waals surface area contributed by atoms with E-state index in [0.29, 0.717) is 6.61 Å². The Morgan fingerprint density at radius 1 is 1.26 bits per heavy atom. The molecule has 0 spiro atoms. The van der Waals surface area contributed by atoms with Gasteiger partial charge in [0.1, 0.15) is 11.6 Å². The van der Waals surface area contributed by atoms with E-state index in [0.717, 1.165) is 56.1 Å². The highest BCUT2D eigenvalue weighted by molar-refractivity contribution is 5.40. The number of anilines is 1. The van der Waals surface area contributed by atoms with Gasteiger partial charge in [0.25, 0.3) is 0 Å². The summed E-state index contributed by atoms with van der Waals surface area (Å²) in [5, 5.41) is 9.58. The second-order valence-corrected chi connectivity index (χ2v) is 5.62. The van der Waals surface area contributed by atoms with Gasteiger partial charge >= 0.3 is 0 Å². The van der Waals surface area contributed by atoms with E-state index in [-0.39, 0.29) is 5.41 Å². The van der Waals surface area contributed by atoms with Crippen molar-refractivity contribution in [1.82, 2.24) is 9.97 Å². The molecule has 0 amide bonds. The molecule has 1 fully saturated rings. The summed E-state index contributed by atoms with van der Waals surface area (Å²) in [5.74, 6) is 1.90. The van der Waals surface area contributed by atoms with Gasteiger partial charge in [-0.15, -0.1) is 0 Å². The van der Waals surface area contributed by atoms with Crippen LogP contribution in [0.3, 0.4) is 0 Å². The summed E-state index contributed by atoms with van der Waals surface area (Å²) < 4.78 is 0. The molecule has 1 N–H and O–H groups in total. The van der Waals surface area contributed by atoms with Crippen molar-refractivity contribution < 1.29 is 5.11 Å². The van der Waals surface area contributed by atoms with Crippen molar-refractivity contribution in [2.75, 3.05) is 24.6 Å². The van der Waals surface area contributed by atoms with E-state index >= 15 is 0 Å². The molecule has 0 aliphatic carbocycles. The summed E-state index contributed by atoms with van der Waals surface area (Å²) in [6, 6.07) is 2.10. The number of aliphatic hydroxyl groups excluding tert-OH is 1. The van der Waals surface area contributed by atoms with Crippen LogP contribution in [0.25, 0.3) is 0 Å². The fourth-order valence-electron chi connectivity index (χ4n) is 2.79. The number of hydrogen-bond donors (Lipinski definition) is 1. The molecule has 2 heterocycles. The zero-order valence-corrected chi connectivity index (χ0v) is 12.3. The molecular weight excluding hydrogens is 238 g/mol. The first kappa shape index (κ1) is 14.3. The zero-order valence-electron chi connectivity index (χ0n) is 12.3. The Labute approximate surface area is 115 Å². The van der Waals surface area contributed by atoms with Crippen molar-refractivity contribution in [1.29, 1.82) is 0 Å². The Bertz CT molecular complexity index is 419. The normalized spacial score (nSPS) is 18.6. The maximum atomic E-state index is 9.58. The lowest BCUT2D eigenvalue weighted by Crippen LogP contribution is -2.42. The summed E-state index contributed by atoms with van der Waals surface area (Å²) in [6.45, 7) is 8.52. The van der Waals surface area contributed by atoms with Crippen LogP contribution in [0.1, 0.15) is 44.6 Å². The van der Waals surface area contributed by atoms with Crippen LogP contribution in [-0.4, -0.2) is 34.8 Å². The van der Waals surface area contributed by atoms with Crippen molar-refractivity contribution >= 4 is 5.82 Å². The fourth-order valence-corrected chi connectivity index (χ4v) is 2.79. The maximum Gasteiger partial charge on any atom is 0.132 e. The van der Waals surface area contributed by atoms with Crippen LogP contribution < -0.4 is 4.90 Å². The third-order valence-electron chi connectivity index (χ3n) is 4.47. The molecule has 19 heavy (non-hydrogen) atoms. The molecule has 4 nitrogen and oxygen atoms in total. The third kappa shape index (κ3) is 3.06. The van der Waals surface area contributed by atoms with Crippen molar-refractivity contribution in [3.05, 3.63) is 17.6 Å². The summed E-state index contributed by atoms with van der Waals surface area (Å²) in [5.41, 5.74) is 1.24. The minimum atomic E-state index is 0.131. The van der Waals surface area contributed by atoms with Gasteiger partial charge in [0.05, 0.1) is 0 Å². The van der Waals surface area contributed by atoms with E-state index in [1.165, 1.54) is 0 Å². The molecule has 1 aromatic heterocycles. The Balaban J connectivity index is 2.11. The van der Waals surface area contributed by atoms with Gasteiger partial charge in [-0.2, -0.15) is 0 Å². The molecule has 0 aromatic carbocycles. The van der Waals surface area contributed by atoms with Gasteiger partial charge in [-0.3, -0.25) is 0 Å². The van der Waals surface area contributed by atoms with Gasteiger partial charge < -0.3 is 10.0 Å². The molecule has 0 bridgehead atoms. The second kappa shape index (κ2) is 5.87. The van der Waals surface area contributed by atoms with E-state index in [9.17, 15) is 5.11 Å². The highest BCUT2D eigenvalue weighted by atomic mass is 16.3. The molecule has 0 saturated carbocycles. The quantitative estimate of drug-likeness (QED) is 0.906.